The standard InChI is InChI=1S/C16H14N2O3/c19-12-6-7-15-13(8-12)14(9-16(20)21)17-18(15)10-11-4-2-1-3-5-11/h1-8,19H,9-10H2,(H,20,21). The third kappa shape index (κ3) is 2.72. The highest BCUT2D eigenvalue weighted by molar-refractivity contribution is 5.86. The normalized spacial score (nSPS) is 10.9. The number of aromatic hydroxyl groups is 1. The summed E-state index contributed by atoms with van der Waals surface area (Å²) in [5, 5.41) is 23.7. The van der Waals surface area contributed by atoms with Crippen molar-refractivity contribution in [3.8, 4) is 5.75 Å². The highest BCUT2D eigenvalue weighted by atomic mass is 16.4. The van der Waals surface area contributed by atoms with Crippen LogP contribution in [-0.2, 0) is 17.8 Å². The Labute approximate surface area is 121 Å². The number of carboxylic acid groups (broad SMARTS) is 1. The van der Waals surface area contributed by atoms with E-state index in [0.717, 1.165) is 11.1 Å². The number of hydrogen-bond donors (Lipinski definition) is 2. The maximum Gasteiger partial charge on any atom is 0.309 e. The van der Waals surface area contributed by atoms with E-state index in [9.17, 15) is 9.90 Å². The molecule has 0 bridgehead atoms. The van der Waals surface area contributed by atoms with Crippen LogP contribution < -0.4 is 0 Å². The molecule has 3 aromatic rings. The number of fused-ring (bicyclic) bond motifs is 1. The molecule has 0 saturated carbocycles. The van der Waals surface area contributed by atoms with Crippen LogP contribution in [-0.4, -0.2) is 26.0 Å². The molecule has 2 N–H and O–H groups in total. The molecule has 3 rings (SSSR count). The van der Waals surface area contributed by atoms with Gasteiger partial charge in [-0.2, -0.15) is 5.10 Å². The summed E-state index contributed by atoms with van der Waals surface area (Å²) in [6.45, 7) is 0.557. The number of phenols is 1. The number of carbonyl (C=O) groups is 1. The molecule has 0 aliphatic rings. The number of phenolic OH excluding ortho intramolecular Hbond substituents is 1. The number of carboxylic acids is 1. The predicted molar refractivity (Wildman–Crippen MR) is 78.3 cm³/mol. The van der Waals surface area contributed by atoms with Crippen molar-refractivity contribution in [1.29, 1.82) is 0 Å². The molecule has 1 heterocycles. The molecule has 0 spiro atoms. The second-order valence-electron chi connectivity index (χ2n) is 4.86. The lowest BCUT2D eigenvalue weighted by Crippen LogP contribution is -2.04. The fourth-order valence-electron chi connectivity index (χ4n) is 2.38. The van der Waals surface area contributed by atoms with Crippen LogP contribution in [0.3, 0.4) is 0 Å². The first-order valence-corrected chi connectivity index (χ1v) is 6.57. The Morgan fingerprint density at radius 2 is 1.90 bits per heavy atom. The predicted octanol–water partition coefficient (Wildman–Crippen LogP) is 2.42. The summed E-state index contributed by atoms with van der Waals surface area (Å²) < 4.78 is 1.77. The Kier molecular flexibility index (Phi) is 3.31. The van der Waals surface area contributed by atoms with Gasteiger partial charge in [0.15, 0.2) is 0 Å². The molecule has 5 heteroatoms. The fourth-order valence-corrected chi connectivity index (χ4v) is 2.38. The quantitative estimate of drug-likeness (QED) is 0.770. The van der Waals surface area contributed by atoms with Crippen molar-refractivity contribution in [2.24, 2.45) is 0 Å². The molecule has 106 valence electrons. The molecule has 21 heavy (non-hydrogen) atoms. The third-order valence-corrected chi connectivity index (χ3v) is 3.30. The van der Waals surface area contributed by atoms with Gasteiger partial charge in [0.05, 0.1) is 24.2 Å². The minimum Gasteiger partial charge on any atom is -0.508 e. The molecular formula is C16H14N2O3. The number of aromatic nitrogens is 2. The van der Waals surface area contributed by atoms with E-state index >= 15 is 0 Å². The lowest BCUT2D eigenvalue weighted by Gasteiger charge is -2.03. The van der Waals surface area contributed by atoms with Crippen molar-refractivity contribution in [2.75, 3.05) is 0 Å². The average molecular weight is 282 g/mol. The van der Waals surface area contributed by atoms with E-state index in [4.69, 9.17) is 5.11 Å². The first-order valence-electron chi connectivity index (χ1n) is 6.57. The maximum atomic E-state index is 11.0. The zero-order valence-corrected chi connectivity index (χ0v) is 11.2. The van der Waals surface area contributed by atoms with Crippen LogP contribution in [0.4, 0.5) is 0 Å². The minimum absolute atomic E-state index is 0.105. The molecule has 0 saturated heterocycles. The molecule has 0 radical (unpaired) electrons. The molecular weight excluding hydrogens is 268 g/mol. The van der Waals surface area contributed by atoms with E-state index in [2.05, 4.69) is 5.10 Å². The summed E-state index contributed by atoms with van der Waals surface area (Å²) >= 11 is 0. The number of rotatable bonds is 4. The molecule has 5 nitrogen and oxygen atoms in total. The Hall–Kier alpha value is -2.82. The Morgan fingerprint density at radius 1 is 1.14 bits per heavy atom. The molecule has 0 unspecified atom stereocenters. The van der Waals surface area contributed by atoms with Gasteiger partial charge in [-0.25, -0.2) is 0 Å². The van der Waals surface area contributed by atoms with Gasteiger partial charge in [-0.15, -0.1) is 0 Å². The molecule has 0 aliphatic carbocycles. The van der Waals surface area contributed by atoms with Gasteiger partial charge in [-0.3, -0.25) is 9.48 Å². The Balaban J connectivity index is 2.08. The van der Waals surface area contributed by atoms with Crippen molar-refractivity contribution in [1.82, 2.24) is 9.78 Å². The lowest BCUT2D eigenvalue weighted by molar-refractivity contribution is -0.136. The van der Waals surface area contributed by atoms with E-state index in [1.807, 2.05) is 30.3 Å². The summed E-state index contributed by atoms with van der Waals surface area (Å²) in [5.74, 6) is -0.835. The smallest absolute Gasteiger partial charge is 0.309 e. The van der Waals surface area contributed by atoms with E-state index < -0.39 is 5.97 Å². The van der Waals surface area contributed by atoms with Gasteiger partial charge < -0.3 is 10.2 Å². The number of aliphatic carboxylic acids is 1. The largest absolute Gasteiger partial charge is 0.508 e. The summed E-state index contributed by atoms with van der Waals surface area (Å²) in [5.41, 5.74) is 2.36. The van der Waals surface area contributed by atoms with Crippen molar-refractivity contribution < 1.29 is 15.0 Å². The zero-order chi connectivity index (χ0) is 14.8. The van der Waals surface area contributed by atoms with Crippen LogP contribution in [0, 0.1) is 0 Å². The second-order valence-corrected chi connectivity index (χ2v) is 4.86. The number of benzene rings is 2. The van der Waals surface area contributed by atoms with Crippen LogP contribution in [0.2, 0.25) is 0 Å². The van der Waals surface area contributed by atoms with Gasteiger partial charge in [-0.1, -0.05) is 30.3 Å². The summed E-state index contributed by atoms with van der Waals surface area (Å²) in [7, 11) is 0. The molecule has 1 aromatic heterocycles. The maximum absolute atomic E-state index is 11.0. The molecule has 2 aromatic carbocycles. The molecule has 0 aliphatic heterocycles. The van der Waals surface area contributed by atoms with Crippen LogP contribution in [0.5, 0.6) is 5.75 Å². The monoisotopic (exact) mass is 282 g/mol. The lowest BCUT2D eigenvalue weighted by atomic mass is 10.1. The Morgan fingerprint density at radius 3 is 2.62 bits per heavy atom. The summed E-state index contributed by atoms with van der Waals surface area (Å²) in [6.07, 6.45) is -0.165. The zero-order valence-electron chi connectivity index (χ0n) is 11.2. The topological polar surface area (TPSA) is 75.3 Å². The highest BCUT2D eigenvalue weighted by Crippen LogP contribution is 2.24. The first kappa shape index (κ1) is 13.2. The van der Waals surface area contributed by atoms with Crippen molar-refractivity contribution in [2.45, 2.75) is 13.0 Å². The average Bonchev–Trinajstić information content (AvgIpc) is 2.77. The first-order chi connectivity index (χ1) is 10.1. The summed E-state index contributed by atoms with van der Waals surface area (Å²) in [4.78, 5) is 11.0. The molecule has 0 atom stereocenters. The Bertz CT molecular complexity index is 794. The van der Waals surface area contributed by atoms with Crippen molar-refractivity contribution in [3.05, 3.63) is 59.8 Å². The van der Waals surface area contributed by atoms with Gasteiger partial charge in [0, 0.05) is 5.39 Å². The second kappa shape index (κ2) is 5.28. The van der Waals surface area contributed by atoms with E-state index in [0.29, 0.717) is 17.6 Å². The van der Waals surface area contributed by atoms with Gasteiger partial charge in [0.25, 0.3) is 0 Å². The number of nitrogens with zero attached hydrogens (tertiary/aromatic N) is 2. The number of hydrogen-bond acceptors (Lipinski definition) is 3. The van der Waals surface area contributed by atoms with E-state index in [-0.39, 0.29) is 12.2 Å². The van der Waals surface area contributed by atoms with Gasteiger partial charge in [0.1, 0.15) is 5.75 Å². The van der Waals surface area contributed by atoms with Crippen LogP contribution in [0.15, 0.2) is 48.5 Å². The van der Waals surface area contributed by atoms with Crippen LogP contribution in [0.1, 0.15) is 11.3 Å². The molecule has 0 amide bonds. The molecule has 0 fully saturated rings. The van der Waals surface area contributed by atoms with Gasteiger partial charge in [0.2, 0.25) is 0 Å². The van der Waals surface area contributed by atoms with Crippen molar-refractivity contribution >= 4 is 16.9 Å². The third-order valence-electron chi connectivity index (χ3n) is 3.30. The van der Waals surface area contributed by atoms with Crippen LogP contribution in [0.25, 0.3) is 10.9 Å². The summed E-state index contributed by atoms with van der Waals surface area (Å²) in [6, 6.07) is 14.7. The van der Waals surface area contributed by atoms with E-state index in [1.165, 1.54) is 0 Å². The van der Waals surface area contributed by atoms with E-state index in [1.54, 1.807) is 22.9 Å². The fraction of sp³-hybridized carbons (Fsp3) is 0.125. The van der Waals surface area contributed by atoms with Crippen molar-refractivity contribution in [3.63, 3.8) is 0 Å². The highest BCUT2D eigenvalue weighted by Gasteiger charge is 2.14. The van der Waals surface area contributed by atoms with Gasteiger partial charge in [-0.05, 0) is 23.8 Å². The SMILES string of the molecule is O=C(O)Cc1nn(Cc2ccccc2)c2ccc(O)cc12. The van der Waals surface area contributed by atoms with Gasteiger partial charge >= 0.3 is 5.97 Å². The minimum atomic E-state index is -0.940. The van der Waals surface area contributed by atoms with Crippen LogP contribution >= 0.6 is 0 Å².